The van der Waals surface area contributed by atoms with Crippen LogP contribution in [0.4, 0.5) is 10.6 Å². The molecule has 7 rings (SSSR count). The molecule has 49 heavy (non-hydrogen) atoms. The van der Waals surface area contributed by atoms with Gasteiger partial charge < -0.3 is 19.9 Å². The number of aromatic nitrogens is 1. The van der Waals surface area contributed by atoms with Gasteiger partial charge in [0.1, 0.15) is 16.8 Å². The van der Waals surface area contributed by atoms with Crippen molar-refractivity contribution < 1.29 is 23.9 Å². The Balaban J connectivity index is 1.00. The number of piperidine rings is 3. The molecule has 0 unspecified atom stereocenters. The highest BCUT2D eigenvalue weighted by molar-refractivity contribution is 6.10. The first-order valence-corrected chi connectivity index (χ1v) is 18.3. The van der Waals surface area contributed by atoms with Gasteiger partial charge in [-0.05, 0) is 97.2 Å². The first-order chi connectivity index (χ1) is 23.5. The highest BCUT2D eigenvalue weighted by Crippen LogP contribution is 2.42. The third-order valence-corrected chi connectivity index (χ3v) is 11.1. The predicted octanol–water partition coefficient (Wildman–Crippen LogP) is 4.18. The lowest BCUT2D eigenvalue weighted by Gasteiger charge is -2.44. The maximum Gasteiger partial charge on any atom is 0.407 e. The lowest BCUT2D eigenvalue weighted by Crippen LogP contribution is -2.56. The lowest BCUT2D eigenvalue weighted by molar-refractivity contribution is -0.145. The number of fused-ring (bicyclic) bond motifs is 2. The van der Waals surface area contributed by atoms with Crippen LogP contribution in [0.1, 0.15) is 88.9 Å². The van der Waals surface area contributed by atoms with Crippen molar-refractivity contribution in [3.63, 3.8) is 0 Å². The van der Waals surface area contributed by atoms with Crippen molar-refractivity contribution in [2.45, 2.75) is 96.2 Å². The second kappa shape index (κ2) is 13.4. The molecule has 5 aliphatic rings. The number of hydrogen-bond acceptors (Lipinski definition) is 8. The van der Waals surface area contributed by atoms with Gasteiger partial charge in [0.2, 0.25) is 0 Å². The molecule has 0 bridgehead atoms. The first-order valence-electron chi connectivity index (χ1n) is 18.3. The predicted molar refractivity (Wildman–Crippen MR) is 186 cm³/mol. The molecule has 12 nitrogen and oxygen atoms in total. The van der Waals surface area contributed by atoms with Crippen LogP contribution in [-0.4, -0.2) is 119 Å². The molecular weight excluding hydrogens is 622 g/mol. The van der Waals surface area contributed by atoms with Gasteiger partial charge in [0, 0.05) is 63.3 Å². The molecule has 2 aromatic rings. The zero-order valence-electron chi connectivity index (χ0n) is 29.3. The van der Waals surface area contributed by atoms with Crippen molar-refractivity contribution >= 4 is 40.5 Å². The number of carbonyl (C=O) groups excluding carboxylic acids is 4. The average molecular weight is 674 g/mol. The van der Waals surface area contributed by atoms with Gasteiger partial charge in [-0.1, -0.05) is 18.2 Å². The van der Waals surface area contributed by atoms with Crippen molar-refractivity contribution in [1.29, 1.82) is 0 Å². The summed E-state index contributed by atoms with van der Waals surface area (Å²) in [5, 5.41) is 7.34. The minimum Gasteiger partial charge on any atom is -0.444 e. The van der Waals surface area contributed by atoms with E-state index in [4.69, 9.17) is 9.72 Å². The summed E-state index contributed by atoms with van der Waals surface area (Å²) in [6.07, 6.45) is 7.15. The summed E-state index contributed by atoms with van der Waals surface area (Å²) >= 11 is 0. The van der Waals surface area contributed by atoms with Gasteiger partial charge >= 0.3 is 6.09 Å². The lowest BCUT2D eigenvalue weighted by atomic mass is 9.78. The van der Waals surface area contributed by atoms with Gasteiger partial charge in [-0.15, -0.1) is 0 Å². The molecule has 1 N–H and O–H groups in total. The molecule has 5 aliphatic heterocycles. The van der Waals surface area contributed by atoms with E-state index in [1.54, 1.807) is 10.0 Å². The van der Waals surface area contributed by atoms with Crippen LogP contribution in [0.15, 0.2) is 30.3 Å². The summed E-state index contributed by atoms with van der Waals surface area (Å²) in [5.74, 6) is 0.790. The van der Waals surface area contributed by atoms with Crippen molar-refractivity contribution in [3.8, 4) is 0 Å². The van der Waals surface area contributed by atoms with Gasteiger partial charge in [-0.3, -0.25) is 29.3 Å². The van der Waals surface area contributed by atoms with Crippen LogP contribution in [0, 0.1) is 5.41 Å². The molecule has 12 heteroatoms. The Kier molecular flexibility index (Phi) is 9.19. The fourth-order valence-electron chi connectivity index (χ4n) is 8.53. The molecule has 0 saturated carbocycles. The molecule has 264 valence electrons. The maximum absolute atomic E-state index is 14.2. The van der Waals surface area contributed by atoms with Gasteiger partial charge in [-0.25, -0.2) is 9.78 Å². The van der Waals surface area contributed by atoms with E-state index in [-0.39, 0.29) is 29.8 Å². The zero-order chi connectivity index (χ0) is 34.3. The SMILES string of the molecule is CC(C)(C)OC(=O)NC1CCN(c2cc(C(=O)N3CCC(N4CCCC5(C4)C(=O)N4CCCCCN4C5=O)CC3)c3ccccc3n2)CC1. The Morgan fingerprint density at radius 1 is 0.857 bits per heavy atom. The molecule has 1 spiro atoms. The normalized spacial score (nSPS) is 22.8. The number of hydrogen-bond donors (Lipinski definition) is 1. The Hall–Kier alpha value is -3.93. The molecule has 4 amide bonds. The van der Waals surface area contributed by atoms with E-state index in [2.05, 4.69) is 15.1 Å². The highest BCUT2D eigenvalue weighted by Gasteiger charge is 2.60. The van der Waals surface area contributed by atoms with E-state index >= 15 is 0 Å². The molecular formula is C37H51N7O5. The van der Waals surface area contributed by atoms with Gasteiger partial charge in [0.05, 0.1) is 11.1 Å². The molecule has 1 aromatic carbocycles. The van der Waals surface area contributed by atoms with E-state index in [1.165, 1.54) is 0 Å². The number of pyridine rings is 1. The fourth-order valence-corrected chi connectivity index (χ4v) is 8.53. The maximum atomic E-state index is 14.2. The second-order valence-electron chi connectivity index (χ2n) is 15.5. The number of anilines is 1. The molecule has 0 aliphatic carbocycles. The monoisotopic (exact) mass is 673 g/mol. The van der Waals surface area contributed by atoms with Crippen LogP contribution in [0.25, 0.3) is 10.9 Å². The minimum atomic E-state index is -0.949. The van der Waals surface area contributed by atoms with Gasteiger partial charge in [0.15, 0.2) is 0 Å². The van der Waals surface area contributed by atoms with Crippen molar-refractivity contribution in [2.24, 2.45) is 5.41 Å². The summed E-state index contributed by atoms with van der Waals surface area (Å²) < 4.78 is 5.44. The number of alkyl carbamates (subject to hydrolysis) is 1. The number of para-hydroxylation sites is 1. The summed E-state index contributed by atoms with van der Waals surface area (Å²) in [6, 6.07) is 10.0. The number of carbonyl (C=O) groups is 4. The van der Waals surface area contributed by atoms with E-state index < -0.39 is 17.1 Å². The summed E-state index contributed by atoms with van der Waals surface area (Å²) in [4.78, 5) is 65.4. The highest BCUT2D eigenvalue weighted by atomic mass is 16.6. The number of nitrogens with one attached hydrogen (secondary N) is 1. The molecule has 6 heterocycles. The second-order valence-corrected chi connectivity index (χ2v) is 15.5. The average Bonchev–Trinajstić information content (AvgIpc) is 3.26. The number of benzene rings is 1. The number of likely N-dealkylation sites (tertiary alicyclic amines) is 2. The summed E-state index contributed by atoms with van der Waals surface area (Å²) in [5.41, 5.74) is -0.0388. The Labute approximate surface area is 289 Å². The van der Waals surface area contributed by atoms with E-state index in [0.29, 0.717) is 57.8 Å². The quantitative estimate of drug-likeness (QED) is 0.481. The Bertz CT molecular complexity index is 1570. The Morgan fingerprint density at radius 2 is 1.53 bits per heavy atom. The number of nitrogens with zero attached hydrogens (tertiary/aromatic N) is 6. The van der Waals surface area contributed by atoms with E-state index in [0.717, 1.165) is 74.6 Å². The number of ether oxygens (including phenoxy) is 1. The van der Waals surface area contributed by atoms with Crippen LogP contribution in [-0.2, 0) is 14.3 Å². The van der Waals surface area contributed by atoms with Crippen LogP contribution >= 0.6 is 0 Å². The zero-order valence-corrected chi connectivity index (χ0v) is 29.3. The smallest absolute Gasteiger partial charge is 0.407 e. The van der Waals surface area contributed by atoms with Gasteiger partial charge in [-0.2, -0.15) is 0 Å². The fraction of sp³-hybridized carbons (Fsp3) is 0.649. The van der Waals surface area contributed by atoms with Crippen LogP contribution in [0.5, 0.6) is 0 Å². The molecule has 0 radical (unpaired) electrons. The number of rotatable bonds is 4. The molecule has 5 saturated heterocycles. The first kappa shape index (κ1) is 33.6. The molecule has 0 atom stereocenters. The van der Waals surface area contributed by atoms with Crippen molar-refractivity contribution in [3.05, 3.63) is 35.9 Å². The van der Waals surface area contributed by atoms with Crippen LogP contribution < -0.4 is 10.2 Å². The van der Waals surface area contributed by atoms with Crippen LogP contribution in [0.2, 0.25) is 0 Å². The van der Waals surface area contributed by atoms with Crippen molar-refractivity contribution in [1.82, 2.24) is 30.1 Å². The molecule has 5 fully saturated rings. The van der Waals surface area contributed by atoms with E-state index in [1.807, 2.05) is 56.0 Å². The summed E-state index contributed by atoms with van der Waals surface area (Å²) in [6.45, 7) is 10.9. The molecule has 1 aromatic heterocycles. The van der Waals surface area contributed by atoms with Gasteiger partial charge in [0.25, 0.3) is 17.7 Å². The largest absolute Gasteiger partial charge is 0.444 e. The Morgan fingerprint density at radius 3 is 2.20 bits per heavy atom. The number of hydrazine groups is 1. The standard InChI is InChI=1S/C37H51N7O5/c1-36(2,3)49-35(48)38-26-12-20-40(21-13-26)31-24-29(28-10-5-6-11-30(28)39-31)32(45)41-22-14-27(15-23-41)42-17-9-16-37(25-42)33(46)43-18-7-4-8-19-44(43)34(37)47/h5-6,10-11,24,26-27H,4,7-9,12-23,25H2,1-3H3,(H,38,48). The van der Waals surface area contributed by atoms with Crippen molar-refractivity contribution in [2.75, 3.05) is 57.3 Å². The van der Waals surface area contributed by atoms with E-state index in [9.17, 15) is 19.2 Å². The number of amides is 4. The topological polar surface area (TPSA) is 119 Å². The third kappa shape index (κ3) is 6.68. The summed E-state index contributed by atoms with van der Waals surface area (Å²) in [7, 11) is 0. The minimum absolute atomic E-state index is 0.000568. The third-order valence-electron chi connectivity index (χ3n) is 11.1. The van der Waals surface area contributed by atoms with Crippen LogP contribution in [0.3, 0.4) is 0 Å².